The van der Waals surface area contributed by atoms with E-state index in [4.69, 9.17) is 15.2 Å². The van der Waals surface area contributed by atoms with Crippen LogP contribution in [-0.4, -0.2) is 31.8 Å². The number of nitrogens with two attached hydrogens (primary N) is 1. The van der Waals surface area contributed by atoms with Gasteiger partial charge in [0.1, 0.15) is 11.5 Å². The first-order valence-corrected chi connectivity index (χ1v) is 12.1. The van der Waals surface area contributed by atoms with Crippen LogP contribution in [0.4, 0.5) is 0 Å². The molecular weight excluding hydrogens is 414 g/mol. The van der Waals surface area contributed by atoms with Crippen molar-refractivity contribution in [1.29, 1.82) is 0 Å². The van der Waals surface area contributed by atoms with Crippen molar-refractivity contribution in [3.05, 3.63) is 54.1 Å². The molecule has 1 aromatic rings. The molecule has 2 bridgehead atoms. The van der Waals surface area contributed by atoms with E-state index in [1.165, 1.54) is 0 Å². The molecule has 0 saturated heterocycles. The lowest BCUT2D eigenvalue weighted by Gasteiger charge is -2.45. The number of ether oxygens (including phenoxy) is 2. The molecule has 2 N–H and O–H groups in total. The van der Waals surface area contributed by atoms with Crippen LogP contribution in [0.3, 0.4) is 0 Å². The largest absolute Gasteiger partial charge is 0.497 e. The molecule has 0 aliphatic heterocycles. The molecule has 178 valence electrons. The van der Waals surface area contributed by atoms with Crippen LogP contribution in [0.25, 0.3) is 0 Å². The summed E-state index contributed by atoms with van der Waals surface area (Å²) in [5.74, 6) is 1.68. The first-order chi connectivity index (χ1) is 15.8. The summed E-state index contributed by atoms with van der Waals surface area (Å²) in [6.45, 7) is 8.14. The first-order valence-electron chi connectivity index (χ1n) is 12.1. The van der Waals surface area contributed by atoms with E-state index in [1.807, 2.05) is 24.3 Å². The second-order valence-corrected chi connectivity index (χ2v) is 10.7. The van der Waals surface area contributed by atoms with E-state index in [9.17, 15) is 9.59 Å². The number of rotatable bonds is 9. The molecule has 0 unspecified atom stereocenters. The molecule has 3 aliphatic rings. The number of hydrogen-bond donors (Lipinski definition) is 1. The van der Waals surface area contributed by atoms with Gasteiger partial charge in [-0.1, -0.05) is 37.3 Å². The van der Waals surface area contributed by atoms with Crippen molar-refractivity contribution >= 4 is 11.6 Å². The summed E-state index contributed by atoms with van der Waals surface area (Å²) in [6.07, 6.45) is 8.44. The van der Waals surface area contributed by atoms with Crippen LogP contribution < -0.4 is 10.5 Å². The van der Waals surface area contributed by atoms with Crippen LogP contribution in [0.15, 0.2) is 48.6 Å². The van der Waals surface area contributed by atoms with Gasteiger partial charge in [-0.05, 0) is 78.7 Å². The lowest BCUT2D eigenvalue weighted by atomic mass is 9.60. The third kappa shape index (κ3) is 4.85. The molecule has 0 aromatic heterocycles. The Morgan fingerprint density at radius 3 is 2.70 bits per heavy atom. The van der Waals surface area contributed by atoms with Crippen LogP contribution in [0.5, 0.6) is 5.75 Å². The van der Waals surface area contributed by atoms with Crippen LogP contribution in [-0.2, 0) is 20.9 Å². The molecule has 0 radical (unpaired) electrons. The summed E-state index contributed by atoms with van der Waals surface area (Å²) in [4.78, 5) is 24.8. The topological polar surface area (TPSA) is 78.6 Å². The van der Waals surface area contributed by atoms with Gasteiger partial charge in [-0.3, -0.25) is 9.59 Å². The Bertz CT molecular complexity index is 936. The van der Waals surface area contributed by atoms with Crippen molar-refractivity contribution in [2.24, 2.45) is 34.3 Å². The predicted octanol–water partition coefficient (Wildman–Crippen LogP) is 4.64. The van der Waals surface area contributed by atoms with Crippen LogP contribution in [0.1, 0.15) is 51.0 Å². The molecule has 2 saturated carbocycles. The van der Waals surface area contributed by atoms with Gasteiger partial charge in [0.05, 0.1) is 20.3 Å². The van der Waals surface area contributed by atoms with E-state index in [1.54, 1.807) is 13.2 Å². The summed E-state index contributed by atoms with van der Waals surface area (Å²) in [7, 11) is 1.66. The minimum atomic E-state index is -0.133. The highest BCUT2D eigenvalue weighted by Gasteiger charge is 2.51. The third-order valence-corrected chi connectivity index (χ3v) is 8.59. The highest BCUT2D eigenvalue weighted by Crippen LogP contribution is 2.56. The number of benzene rings is 1. The van der Waals surface area contributed by atoms with Crippen molar-refractivity contribution in [2.45, 2.75) is 52.1 Å². The zero-order valence-corrected chi connectivity index (χ0v) is 20.0. The molecule has 5 nitrogen and oxygen atoms in total. The van der Waals surface area contributed by atoms with Crippen molar-refractivity contribution in [2.75, 3.05) is 20.3 Å². The maximum absolute atomic E-state index is 12.4. The van der Waals surface area contributed by atoms with Crippen LogP contribution in [0.2, 0.25) is 0 Å². The first kappa shape index (κ1) is 23.9. The second kappa shape index (κ2) is 9.55. The van der Waals surface area contributed by atoms with E-state index in [-0.39, 0.29) is 34.4 Å². The van der Waals surface area contributed by atoms with Crippen LogP contribution >= 0.6 is 0 Å². The molecule has 0 spiro atoms. The van der Waals surface area contributed by atoms with E-state index < -0.39 is 0 Å². The summed E-state index contributed by atoms with van der Waals surface area (Å²) in [5.41, 5.74) is 8.17. The van der Waals surface area contributed by atoms with E-state index >= 15 is 0 Å². The molecule has 0 heterocycles. The third-order valence-electron chi connectivity index (χ3n) is 8.59. The van der Waals surface area contributed by atoms with Gasteiger partial charge in [-0.25, -0.2) is 0 Å². The Kier molecular flexibility index (Phi) is 6.92. The average Bonchev–Trinajstić information content (AvgIpc) is 3.11. The Morgan fingerprint density at radius 2 is 2.00 bits per heavy atom. The number of carbonyl (C=O) groups excluding carboxylic acids is 2. The standard InChI is InChI=1S/C28H37NO4/c1-19-14-28(11-9-26(31)25(19)15-28)22(12-21-13-23(30)8-10-27(21,2)18-29)17-33-16-20-4-6-24(32-3)7-5-20/h4-7,9,11,21-22,25H,1,8,10,12-18,29H2,2-3H3/t21-,22-,25+,27-,28-/m0/s1. The fraction of sp³-hybridized carbons (Fsp3) is 0.571. The van der Waals surface area contributed by atoms with E-state index in [0.29, 0.717) is 38.4 Å². The van der Waals surface area contributed by atoms with E-state index in [2.05, 4.69) is 19.6 Å². The average molecular weight is 452 g/mol. The maximum Gasteiger partial charge on any atom is 0.162 e. The molecule has 3 aliphatic carbocycles. The Morgan fingerprint density at radius 1 is 1.24 bits per heavy atom. The molecule has 5 heteroatoms. The van der Waals surface area contributed by atoms with Crippen molar-refractivity contribution in [1.82, 2.24) is 0 Å². The molecule has 1 aromatic carbocycles. The summed E-state index contributed by atoms with van der Waals surface area (Å²) in [5, 5.41) is 0. The minimum absolute atomic E-state index is 0.0397. The van der Waals surface area contributed by atoms with Gasteiger partial charge in [-0.2, -0.15) is 0 Å². The highest BCUT2D eigenvalue weighted by atomic mass is 16.5. The number of carbonyl (C=O) groups is 2. The van der Waals surface area contributed by atoms with Crippen molar-refractivity contribution in [3.63, 3.8) is 0 Å². The molecular formula is C28H37NO4. The molecule has 33 heavy (non-hydrogen) atoms. The number of hydrogen-bond acceptors (Lipinski definition) is 5. The molecule has 0 amide bonds. The number of fused-ring (bicyclic) bond motifs is 2. The SMILES string of the molecule is C=C1C[C@@]2([C@H](COCc3ccc(OC)cc3)C[C@H]3CC(=O)CC[C@@]3(C)CN)C=CC(=O)[C@@H]1C2. The summed E-state index contributed by atoms with van der Waals surface area (Å²) in [6, 6.07) is 7.92. The fourth-order valence-electron chi connectivity index (χ4n) is 6.12. The number of methoxy groups -OCH3 is 1. The lowest BCUT2D eigenvalue weighted by Crippen LogP contribution is -2.43. The number of Topliss-reactive ketones (excluding diaryl/α,β-unsaturated/α-hetero) is 1. The van der Waals surface area contributed by atoms with Gasteiger partial charge in [0, 0.05) is 18.8 Å². The van der Waals surface area contributed by atoms with Crippen LogP contribution in [0, 0.1) is 28.6 Å². The fourth-order valence-corrected chi connectivity index (χ4v) is 6.12. The lowest BCUT2D eigenvalue weighted by molar-refractivity contribution is -0.125. The number of ketones is 2. The van der Waals surface area contributed by atoms with Gasteiger partial charge < -0.3 is 15.2 Å². The Hall–Kier alpha value is -2.24. The summed E-state index contributed by atoms with van der Waals surface area (Å²) >= 11 is 0. The minimum Gasteiger partial charge on any atom is -0.497 e. The van der Waals surface area contributed by atoms with Crippen molar-refractivity contribution < 1.29 is 19.1 Å². The van der Waals surface area contributed by atoms with Crippen molar-refractivity contribution in [3.8, 4) is 5.75 Å². The molecule has 4 rings (SSSR count). The zero-order valence-electron chi connectivity index (χ0n) is 20.0. The van der Waals surface area contributed by atoms with E-state index in [0.717, 1.165) is 42.6 Å². The second-order valence-electron chi connectivity index (χ2n) is 10.7. The highest BCUT2D eigenvalue weighted by molar-refractivity contribution is 5.95. The zero-order chi connectivity index (χ0) is 23.6. The van der Waals surface area contributed by atoms with Gasteiger partial charge in [0.25, 0.3) is 0 Å². The van der Waals surface area contributed by atoms with Gasteiger partial charge in [0.15, 0.2) is 5.78 Å². The van der Waals surface area contributed by atoms with Gasteiger partial charge in [0.2, 0.25) is 0 Å². The normalized spacial score (nSPS) is 32.3. The quantitative estimate of drug-likeness (QED) is 0.553. The maximum atomic E-state index is 12.4. The number of allylic oxidation sites excluding steroid dienone is 3. The van der Waals surface area contributed by atoms with Gasteiger partial charge in [-0.15, -0.1) is 0 Å². The molecule has 5 atom stereocenters. The Labute approximate surface area is 197 Å². The Balaban J connectivity index is 1.54. The predicted molar refractivity (Wildman–Crippen MR) is 129 cm³/mol. The molecule has 2 fully saturated rings. The monoisotopic (exact) mass is 451 g/mol. The van der Waals surface area contributed by atoms with Gasteiger partial charge >= 0.3 is 0 Å². The summed E-state index contributed by atoms with van der Waals surface area (Å²) < 4.78 is 11.5. The smallest absolute Gasteiger partial charge is 0.162 e.